The maximum Gasteiger partial charge on any atom is 0.0618 e. The molecule has 0 aromatic heterocycles. The largest absolute Gasteiger partial charge is 0.397 e. The normalized spacial score (nSPS) is 11.4. The van der Waals surface area contributed by atoms with E-state index in [1.54, 1.807) is 0 Å². The van der Waals surface area contributed by atoms with Crippen molar-refractivity contribution < 1.29 is 0 Å². The molecular formula is C16H19BrN2. The molecule has 2 nitrogen and oxygen atoms in total. The minimum absolute atomic E-state index is 0.176. The van der Waals surface area contributed by atoms with Gasteiger partial charge in [-0.3, -0.25) is 0 Å². The van der Waals surface area contributed by atoms with E-state index in [9.17, 15) is 0 Å². The van der Waals surface area contributed by atoms with E-state index in [1.165, 1.54) is 5.56 Å². The van der Waals surface area contributed by atoms with Crippen LogP contribution < -0.4 is 11.1 Å². The molecule has 19 heavy (non-hydrogen) atoms. The average Bonchev–Trinajstić information content (AvgIpc) is 2.32. The van der Waals surface area contributed by atoms with Crippen molar-refractivity contribution in [2.75, 3.05) is 11.1 Å². The van der Waals surface area contributed by atoms with Crippen LogP contribution in [-0.4, -0.2) is 0 Å². The van der Waals surface area contributed by atoms with Gasteiger partial charge in [-0.05, 0) is 41.3 Å². The van der Waals surface area contributed by atoms with Crippen LogP contribution in [0.1, 0.15) is 26.3 Å². The number of benzene rings is 2. The Balaban J connectivity index is 2.20. The molecule has 0 spiro atoms. The molecule has 3 heteroatoms. The van der Waals surface area contributed by atoms with Gasteiger partial charge in [0, 0.05) is 10.2 Å². The maximum atomic E-state index is 5.98. The van der Waals surface area contributed by atoms with Crippen molar-refractivity contribution in [3.8, 4) is 0 Å². The second-order valence-corrected chi connectivity index (χ2v) is 6.60. The Hall–Kier alpha value is -1.48. The van der Waals surface area contributed by atoms with Gasteiger partial charge in [0.15, 0.2) is 0 Å². The molecule has 0 atom stereocenters. The van der Waals surface area contributed by atoms with Gasteiger partial charge in [0.2, 0.25) is 0 Å². The number of nitrogen functional groups attached to an aromatic ring is 1. The molecule has 0 saturated carbocycles. The quantitative estimate of drug-likeness (QED) is 0.758. The molecule has 3 N–H and O–H groups in total. The van der Waals surface area contributed by atoms with Crippen LogP contribution in [-0.2, 0) is 5.41 Å². The number of halogens is 1. The molecule has 0 fully saturated rings. The minimum atomic E-state index is 0.176. The third-order valence-electron chi connectivity index (χ3n) is 3.04. The number of hydrogen-bond acceptors (Lipinski definition) is 2. The second-order valence-electron chi connectivity index (χ2n) is 5.68. The van der Waals surface area contributed by atoms with Gasteiger partial charge in [-0.2, -0.15) is 0 Å². The average molecular weight is 319 g/mol. The van der Waals surface area contributed by atoms with Crippen molar-refractivity contribution in [1.29, 1.82) is 0 Å². The molecule has 0 amide bonds. The summed E-state index contributed by atoms with van der Waals surface area (Å²) in [7, 11) is 0. The van der Waals surface area contributed by atoms with Gasteiger partial charge in [0.25, 0.3) is 0 Å². The van der Waals surface area contributed by atoms with Crippen molar-refractivity contribution in [3.63, 3.8) is 0 Å². The van der Waals surface area contributed by atoms with Crippen LogP contribution in [0.3, 0.4) is 0 Å². The van der Waals surface area contributed by atoms with Gasteiger partial charge in [0.1, 0.15) is 0 Å². The summed E-state index contributed by atoms with van der Waals surface area (Å²) in [6.45, 7) is 6.63. The Morgan fingerprint density at radius 3 is 2.16 bits per heavy atom. The van der Waals surface area contributed by atoms with Gasteiger partial charge in [-0.25, -0.2) is 0 Å². The summed E-state index contributed by atoms with van der Waals surface area (Å²) in [5.41, 5.74) is 10.2. The zero-order chi connectivity index (χ0) is 14.0. The summed E-state index contributed by atoms with van der Waals surface area (Å²) in [4.78, 5) is 0. The topological polar surface area (TPSA) is 38.0 Å². The molecule has 2 aromatic rings. The van der Waals surface area contributed by atoms with Crippen molar-refractivity contribution >= 4 is 33.0 Å². The highest BCUT2D eigenvalue weighted by molar-refractivity contribution is 9.10. The second kappa shape index (κ2) is 5.25. The Morgan fingerprint density at radius 2 is 1.63 bits per heavy atom. The van der Waals surface area contributed by atoms with Crippen LogP contribution >= 0.6 is 15.9 Å². The molecule has 0 aliphatic heterocycles. The Morgan fingerprint density at radius 1 is 1.00 bits per heavy atom. The van der Waals surface area contributed by atoms with E-state index in [-0.39, 0.29) is 5.41 Å². The molecule has 0 heterocycles. The molecule has 0 aliphatic rings. The van der Waals surface area contributed by atoms with E-state index in [1.807, 2.05) is 18.2 Å². The first-order chi connectivity index (χ1) is 8.86. The van der Waals surface area contributed by atoms with E-state index in [0.717, 1.165) is 21.5 Å². The summed E-state index contributed by atoms with van der Waals surface area (Å²) in [5, 5.41) is 3.33. The summed E-state index contributed by atoms with van der Waals surface area (Å²) < 4.78 is 0.985. The number of rotatable bonds is 2. The van der Waals surface area contributed by atoms with Crippen LogP contribution in [0.15, 0.2) is 46.9 Å². The number of nitrogens with one attached hydrogen (secondary N) is 1. The van der Waals surface area contributed by atoms with E-state index in [0.29, 0.717) is 0 Å². The van der Waals surface area contributed by atoms with E-state index < -0.39 is 0 Å². The molecule has 0 bridgehead atoms. The van der Waals surface area contributed by atoms with Crippen LogP contribution in [0.5, 0.6) is 0 Å². The maximum absolute atomic E-state index is 5.98. The van der Waals surface area contributed by atoms with Crippen molar-refractivity contribution in [2.45, 2.75) is 26.2 Å². The standard InChI is InChI=1S/C16H19BrN2/c1-16(2,3)11-4-7-13(8-5-11)19-15-9-6-12(17)10-14(15)18/h4-10,19H,18H2,1-3H3. The van der Waals surface area contributed by atoms with Crippen molar-refractivity contribution in [2.24, 2.45) is 0 Å². The molecular weight excluding hydrogens is 300 g/mol. The highest BCUT2D eigenvalue weighted by Crippen LogP contribution is 2.28. The first-order valence-electron chi connectivity index (χ1n) is 6.29. The fourth-order valence-electron chi connectivity index (χ4n) is 1.86. The first-order valence-corrected chi connectivity index (χ1v) is 7.08. The summed E-state index contributed by atoms with van der Waals surface area (Å²) in [6, 6.07) is 14.3. The fraction of sp³-hybridized carbons (Fsp3) is 0.250. The van der Waals surface area contributed by atoms with Crippen LogP contribution in [0, 0.1) is 0 Å². The smallest absolute Gasteiger partial charge is 0.0618 e. The predicted molar refractivity (Wildman–Crippen MR) is 87.0 cm³/mol. The van der Waals surface area contributed by atoms with Gasteiger partial charge < -0.3 is 11.1 Å². The van der Waals surface area contributed by atoms with E-state index in [2.05, 4.69) is 66.3 Å². The molecule has 100 valence electrons. The van der Waals surface area contributed by atoms with Crippen LogP contribution in [0.2, 0.25) is 0 Å². The molecule has 2 aromatic carbocycles. The zero-order valence-corrected chi connectivity index (χ0v) is 13.1. The monoisotopic (exact) mass is 318 g/mol. The molecule has 0 saturated heterocycles. The number of nitrogens with two attached hydrogens (primary N) is 1. The molecule has 0 radical (unpaired) electrons. The van der Waals surface area contributed by atoms with Gasteiger partial charge in [-0.15, -0.1) is 0 Å². The Bertz CT molecular complexity index is 568. The molecule has 0 unspecified atom stereocenters. The van der Waals surface area contributed by atoms with Crippen LogP contribution in [0.4, 0.5) is 17.1 Å². The molecule has 2 rings (SSSR count). The lowest BCUT2D eigenvalue weighted by atomic mass is 9.87. The predicted octanol–water partition coefficient (Wildman–Crippen LogP) is 5.07. The highest BCUT2D eigenvalue weighted by Gasteiger charge is 2.12. The van der Waals surface area contributed by atoms with Gasteiger partial charge >= 0.3 is 0 Å². The lowest BCUT2D eigenvalue weighted by molar-refractivity contribution is 0.590. The van der Waals surface area contributed by atoms with E-state index in [4.69, 9.17) is 5.73 Å². The molecule has 0 aliphatic carbocycles. The summed E-state index contributed by atoms with van der Waals surface area (Å²) in [5.74, 6) is 0. The summed E-state index contributed by atoms with van der Waals surface area (Å²) >= 11 is 3.41. The van der Waals surface area contributed by atoms with Gasteiger partial charge in [-0.1, -0.05) is 48.8 Å². The summed E-state index contributed by atoms with van der Waals surface area (Å²) in [6.07, 6.45) is 0. The Labute approximate surface area is 123 Å². The van der Waals surface area contributed by atoms with Gasteiger partial charge in [0.05, 0.1) is 11.4 Å². The van der Waals surface area contributed by atoms with Crippen molar-refractivity contribution in [1.82, 2.24) is 0 Å². The first kappa shape index (κ1) is 13.9. The number of hydrogen-bond donors (Lipinski definition) is 2. The Kier molecular flexibility index (Phi) is 3.85. The minimum Gasteiger partial charge on any atom is -0.397 e. The third-order valence-corrected chi connectivity index (χ3v) is 3.54. The van der Waals surface area contributed by atoms with Crippen LogP contribution in [0.25, 0.3) is 0 Å². The highest BCUT2D eigenvalue weighted by atomic mass is 79.9. The lowest BCUT2D eigenvalue weighted by Crippen LogP contribution is -2.10. The third kappa shape index (κ3) is 3.51. The zero-order valence-electron chi connectivity index (χ0n) is 11.5. The van der Waals surface area contributed by atoms with Crippen molar-refractivity contribution in [3.05, 3.63) is 52.5 Å². The lowest BCUT2D eigenvalue weighted by Gasteiger charge is -2.19. The number of anilines is 3. The fourth-order valence-corrected chi connectivity index (χ4v) is 2.24. The SMILES string of the molecule is CC(C)(C)c1ccc(Nc2ccc(Br)cc2N)cc1. The van der Waals surface area contributed by atoms with E-state index >= 15 is 0 Å².